The summed E-state index contributed by atoms with van der Waals surface area (Å²) < 4.78 is 2.00. The predicted molar refractivity (Wildman–Crippen MR) is 111 cm³/mol. The molecule has 0 saturated carbocycles. The maximum Gasteiger partial charge on any atom is 0.269 e. The maximum atomic E-state index is 12.2. The van der Waals surface area contributed by atoms with Gasteiger partial charge in [0.15, 0.2) is 11.0 Å². The number of aryl methyl sites for hydroxylation is 1. The lowest BCUT2D eigenvalue weighted by Crippen LogP contribution is -2.14. The Morgan fingerprint density at radius 3 is 2.57 bits per heavy atom. The van der Waals surface area contributed by atoms with Gasteiger partial charge in [0, 0.05) is 40.2 Å². The zero-order chi connectivity index (χ0) is 20.3. The number of thiophene rings is 1. The molecule has 8 nitrogen and oxygen atoms in total. The number of hydrogen-bond acceptors (Lipinski definition) is 7. The number of rotatable bonds is 7. The zero-order valence-electron chi connectivity index (χ0n) is 15.6. The van der Waals surface area contributed by atoms with Crippen LogP contribution in [0.4, 0.5) is 11.4 Å². The molecule has 0 aliphatic carbocycles. The Labute approximate surface area is 170 Å². The summed E-state index contributed by atoms with van der Waals surface area (Å²) in [4.78, 5) is 23.7. The van der Waals surface area contributed by atoms with Gasteiger partial charge in [-0.05, 0) is 38.5 Å². The summed E-state index contributed by atoms with van der Waals surface area (Å²) >= 11 is 2.99. The van der Waals surface area contributed by atoms with E-state index in [1.807, 2.05) is 11.5 Å². The van der Waals surface area contributed by atoms with Crippen molar-refractivity contribution in [3.8, 4) is 11.4 Å². The first-order chi connectivity index (χ1) is 13.4. The SMILES string of the molecule is CCn1c(SCC(=O)Nc2ccc([N+](=O)[O-])cc2)nnc1-c1csc(C)c1C. The fourth-order valence-corrected chi connectivity index (χ4v) is 4.27. The van der Waals surface area contributed by atoms with Crippen LogP contribution in [-0.2, 0) is 11.3 Å². The van der Waals surface area contributed by atoms with Crippen molar-refractivity contribution in [3.05, 3.63) is 50.2 Å². The van der Waals surface area contributed by atoms with E-state index in [0.29, 0.717) is 17.4 Å². The molecular formula is C18H19N5O3S2. The van der Waals surface area contributed by atoms with Crippen molar-refractivity contribution in [2.45, 2.75) is 32.5 Å². The van der Waals surface area contributed by atoms with Crippen LogP contribution in [0.15, 0.2) is 34.8 Å². The number of amides is 1. The molecule has 28 heavy (non-hydrogen) atoms. The second-order valence-electron chi connectivity index (χ2n) is 6.02. The van der Waals surface area contributed by atoms with Crippen molar-refractivity contribution < 1.29 is 9.72 Å². The van der Waals surface area contributed by atoms with Gasteiger partial charge in [-0.25, -0.2) is 0 Å². The lowest BCUT2D eigenvalue weighted by Gasteiger charge is -2.08. The van der Waals surface area contributed by atoms with E-state index in [1.54, 1.807) is 11.3 Å². The topological polar surface area (TPSA) is 103 Å². The first-order valence-corrected chi connectivity index (χ1v) is 10.4. The Hall–Kier alpha value is -2.72. The summed E-state index contributed by atoms with van der Waals surface area (Å²) in [6.45, 7) is 6.86. The molecular weight excluding hydrogens is 398 g/mol. The van der Waals surface area contributed by atoms with E-state index >= 15 is 0 Å². The van der Waals surface area contributed by atoms with E-state index in [-0.39, 0.29) is 17.3 Å². The predicted octanol–water partition coefficient (Wildman–Crippen LogP) is 4.28. The van der Waals surface area contributed by atoms with Gasteiger partial charge in [0.2, 0.25) is 5.91 Å². The Morgan fingerprint density at radius 2 is 2.00 bits per heavy atom. The minimum atomic E-state index is -0.479. The summed E-state index contributed by atoms with van der Waals surface area (Å²) in [7, 11) is 0. The number of non-ortho nitro benzene ring substituents is 1. The smallest absolute Gasteiger partial charge is 0.269 e. The molecule has 0 saturated heterocycles. The monoisotopic (exact) mass is 417 g/mol. The summed E-state index contributed by atoms with van der Waals surface area (Å²) in [5, 5.41) is 24.7. The zero-order valence-corrected chi connectivity index (χ0v) is 17.3. The maximum absolute atomic E-state index is 12.2. The van der Waals surface area contributed by atoms with Crippen LogP contribution in [0.25, 0.3) is 11.4 Å². The second-order valence-corrected chi connectivity index (χ2v) is 8.05. The molecule has 0 unspecified atom stereocenters. The molecule has 0 bridgehead atoms. The van der Waals surface area contributed by atoms with Crippen LogP contribution in [0.2, 0.25) is 0 Å². The van der Waals surface area contributed by atoms with Gasteiger partial charge >= 0.3 is 0 Å². The highest BCUT2D eigenvalue weighted by Gasteiger charge is 2.17. The summed E-state index contributed by atoms with van der Waals surface area (Å²) in [6.07, 6.45) is 0. The van der Waals surface area contributed by atoms with E-state index in [0.717, 1.165) is 11.4 Å². The van der Waals surface area contributed by atoms with Crippen LogP contribution in [0.1, 0.15) is 17.4 Å². The van der Waals surface area contributed by atoms with Crippen molar-refractivity contribution in [3.63, 3.8) is 0 Å². The molecule has 2 heterocycles. The summed E-state index contributed by atoms with van der Waals surface area (Å²) in [5.41, 5.74) is 2.76. The van der Waals surface area contributed by atoms with Crippen LogP contribution >= 0.6 is 23.1 Å². The van der Waals surface area contributed by atoms with E-state index in [1.165, 1.54) is 46.5 Å². The molecule has 10 heteroatoms. The number of nitrogens with zero attached hydrogens (tertiary/aromatic N) is 4. The van der Waals surface area contributed by atoms with Gasteiger partial charge in [0.1, 0.15) is 0 Å². The lowest BCUT2D eigenvalue weighted by molar-refractivity contribution is -0.384. The second kappa shape index (κ2) is 8.53. The summed E-state index contributed by atoms with van der Waals surface area (Å²) in [6, 6.07) is 5.73. The van der Waals surface area contributed by atoms with Gasteiger partial charge in [-0.3, -0.25) is 14.9 Å². The van der Waals surface area contributed by atoms with Crippen molar-refractivity contribution in [1.29, 1.82) is 0 Å². The molecule has 0 atom stereocenters. The number of carbonyl (C=O) groups is 1. The third-order valence-electron chi connectivity index (χ3n) is 4.25. The number of anilines is 1. The van der Waals surface area contributed by atoms with Crippen molar-refractivity contribution in [2.24, 2.45) is 0 Å². The molecule has 0 fully saturated rings. The van der Waals surface area contributed by atoms with E-state index in [9.17, 15) is 14.9 Å². The first-order valence-electron chi connectivity index (χ1n) is 8.56. The third-order valence-corrected chi connectivity index (χ3v) is 6.23. The highest BCUT2D eigenvalue weighted by atomic mass is 32.2. The van der Waals surface area contributed by atoms with Crippen molar-refractivity contribution in [2.75, 3.05) is 11.1 Å². The number of hydrogen-bond donors (Lipinski definition) is 1. The van der Waals surface area contributed by atoms with Crippen LogP contribution in [0.3, 0.4) is 0 Å². The molecule has 3 rings (SSSR count). The molecule has 146 valence electrons. The van der Waals surface area contributed by atoms with Gasteiger partial charge in [-0.1, -0.05) is 11.8 Å². The minimum Gasteiger partial charge on any atom is -0.325 e. The Balaban J connectivity index is 1.66. The standard InChI is InChI=1S/C18H19N5O3S2/c1-4-22-17(15-9-27-12(3)11(15)2)20-21-18(22)28-10-16(24)19-13-5-7-14(8-6-13)23(25)26/h5-9H,4,10H2,1-3H3,(H,19,24). The average Bonchev–Trinajstić information content (AvgIpc) is 3.23. The highest BCUT2D eigenvalue weighted by molar-refractivity contribution is 7.99. The molecule has 1 N–H and O–H groups in total. The number of nitrogens with one attached hydrogen (secondary N) is 1. The van der Waals surface area contributed by atoms with Crippen LogP contribution in [-0.4, -0.2) is 31.3 Å². The number of carbonyl (C=O) groups excluding carboxylic acids is 1. The number of benzene rings is 1. The van der Waals surface area contributed by atoms with Gasteiger partial charge in [0.05, 0.1) is 10.7 Å². The Bertz CT molecular complexity index is 1010. The molecule has 0 aliphatic rings. The molecule has 0 radical (unpaired) electrons. The van der Waals surface area contributed by atoms with Crippen molar-refractivity contribution in [1.82, 2.24) is 14.8 Å². The number of aromatic nitrogens is 3. The quantitative estimate of drug-likeness (QED) is 0.350. The van der Waals surface area contributed by atoms with Gasteiger partial charge in [0.25, 0.3) is 5.69 Å². The average molecular weight is 418 g/mol. The van der Waals surface area contributed by atoms with Crippen LogP contribution < -0.4 is 5.32 Å². The lowest BCUT2D eigenvalue weighted by atomic mass is 10.1. The minimum absolute atomic E-state index is 0.0186. The Kier molecular flexibility index (Phi) is 6.10. The van der Waals surface area contributed by atoms with E-state index < -0.39 is 4.92 Å². The normalized spacial score (nSPS) is 10.8. The summed E-state index contributed by atoms with van der Waals surface area (Å²) in [5.74, 6) is 0.757. The highest BCUT2D eigenvalue weighted by Crippen LogP contribution is 2.31. The van der Waals surface area contributed by atoms with E-state index in [2.05, 4.69) is 34.7 Å². The van der Waals surface area contributed by atoms with Crippen LogP contribution in [0, 0.1) is 24.0 Å². The third kappa shape index (κ3) is 4.23. The molecule has 1 amide bonds. The molecule has 3 aromatic rings. The first kappa shape index (κ1) is 20.0. The molecule has 0 aliphatic heterocycles. The van der Waals surface area contributed by atoms with Crippen LogP contribution in [0.5, 0.6) is 0 Å². The van der Waals surface area contributed by atoms with Gasteiger partial charge < -0.3 is 9.88 Å². The molecule has 2 aromatic heterocycles. The molecule has 0 spiro atoms. The number of thioether (sulfide) groups is 1. The Morgan fingerprint density at radius 1 is 1.29 bits per heavy atom. The number of nitro groups is 1. The fourth-order valence-electron chi connectivity index (χ4n) is 2.61. The van der Waals surface area contributed by atoms with Gasteiger partial charge in [-0.2, -0.15) is 0 Å². The van der Waals surface area contributed by atoms with Crippen molar-refractivity contribution >= 4 is 40.4 Å². The molecule has 1 aromatic carbocycles. The largest absolute Gasteiger partial charge is 0.325 e. The van der Waals surface area contributed by atoms with E-state index in [4.69, 9.17) is 0 Å². The number of nitro benzene ring substituents is 1. The fraction of sp³-hybridized carbons (Fsp3) is 0.278. The van der Waals surface area contributed by atoms with Gasteiger partial charge in [-0.15, -0.1) is 21.5 Å².